The first-order valence-corrected chi connectivity index (χ1v) is 7.17. The number of ether oxygens (including phenoxy) is 1. The molecule has 0 fully saturated rings. The third-order valence-corrected chi connectivity index (χ3v) is 3.56. The van der Waals surface area contributed by atoms with Gasteiger partial charge in [0.05, 0.1) is 11.3 Å². The van der Waals surface area contributed by atoms with Gasteiger partial charge in [-0.1, -0.05) is 12.1 Å². The maximum absolute atomic E-state index is 11.7. The number of carboxylic acid groups (broad SMARTS) is 1. The number of carbonyl (C=O) groups excluding carboxylic acids is 1. The number of nitrogens with one attached hydrogen (secondary N) is 1. The highest BCUT2D eigenvalue weighted by molar-refractivity contribution is 7.88. The van der Waals surface area contributed by atoms with Crippen LogP contribution in [0.25, 0.3) is 0 Å². The fourth-order valence-electron chi connectivity index (χ4n) is 1.41. The molecular weight excluding hydrogens is 288 g/mol. The second-order valence-electron chi connectivity index (χ2n) is 3.83. The highest BCUT2D eigenvalue weighted by Gasteiger charge is 2.12. The largest absolute Gasteiger partial charge is 0.478 e. The Morgan fingerprint density at radius 1 is 1.35 bits per heavy atom. The van der Waals surface area contributed by atoms with Gasteiger partial charge in [-0.2, -0.15) is 0 Å². The van der Waals surface area contributed by atoms with E-state index in [9.17, 15) is 18.0 Å². The number of nitrogens with two attached hydrogens (primary N) is 1. The summed E-state index contributed by atoms with van der Waals surface area (Å²) in [7, 11) is -3.65. The quantitative estimate of drug-likeness (QED) is 0.602. The standard InChI is InChI=1S/C11H14N2O6S/c12-11(16)19-5-4-13-20(17,18)7-8-2-1-3-9(6-8)10(14)15/h1-3,6,13H,4-5,7H2,(H2,12,16)(H,14,15). The van der Waals surface area contributed by atoms with Gasteiger partial charge in [-0.3, -0.25) is 0 Å². The number of primary amides is 1. The van der Waals surface area contributed by atoms with Crippen LogP contribution >= 0.6 is 0 Å². The van der Waals surface area contributed by atoms with Crippen molar-refractivity contribution in [3.8, 4) is 0 Å². The van der Waals surface area contributed by atoms with E-state index in [1.54, 1.807) is 0 Å². The molecule has 0 radical (unpaired) electrons. The summed E-state index contributed by atoms with van der Waals surface area (Å²) in [5.74, 6) is -1.50. The van der Waals surface area contributed by atoms with Gasteiger partial charge in [-0.05, 0) is 17.7 Å². The van der Waals surface area contributed by atoms with Gasteiger partial charge in [0.2, 0.25) is 10.0 Å². The number of benzene rings is 1. The molecule has 0 bridgehead atoms. The maximum atomic E-state index is 11.7. The van der Waals surface area contributed by atoms with E-state index in [0.29, 0.717) is 5.56 Å². The van der Waals surface area contributed by atoms with Gasteiger partial charge >= 0.3 is 12.1 Å². The van der Waals surface area contributed by atoms with Crippen LogP contribution in [0.4, 0.5) is 4.79 Å². The zero-order valence-corrected chi connectivity index (χ0v) is 11.2. The SMILES string of the molecule is NC(=O)OCCNS(=O)(=O)Cc1cccc(C(=O)O)c1. The summed E-state index contributed by atoms with van der Waals surface area (Å²) in [5, 5.41) is 8.81. The molecular formula is C11H14N2O6S. The molecule has 0 unspecified atom stereocenters. The molecule has 1 aromatic carbocycles. The Morgan fingerprint density at radius 2 is 2.05 bits per heavy atom. The molecule has 0 aromatic heterocycles. The first-order chi connectivity index (χ1) is 9.30. The molecule has 4 N–H and O–H groups in total. The molecule has 1 aromatic rings. The predicted octanol–water partition coefficient (Wildman–Crippen LogP) is -0.100. The predicted molar refractivity (Wildman–Crippen MR) is 69.6 cm³/mol. The molecule has 0 spiro atoms. The highest BCUT2D eigenvalue weighted by Crippen LogP contribution is 2.08. The van der Waals surface area contributed by atoms with Crippen LogP contribution in [0.2, 0.25) is 0 Å². The number of sulfonamides is 1. The van der Waals surface area contributed by atoms with E-state index in [1.165, 1.54) is 24.3 Å². The number of carbonyl (C=O) groups is 2. The highest BCUT2D eigenvalue weighted by atomic mass is 32.2. The molecule has 0 aliphatic heterocycles. The second kappa shape index (κ2) is 6.87. The van der Waals surface area contributed by atoms with E-state index >= 15 is 0 Å². The third-order valence-electron chi connectivity index (χ3n) is 2.20. The van der Waals surface area contributed by atoms with Crippen molar-refractivity contribution < 1.29 is 27.9 Å². The Balaban J connectivity index is 2.60. The number of aromatic carboxylic acids is 1. The molecule has 0 aliphatic rings. The molecule has 1 amide bonds. The number of hydrogen-bond donors (Lipinski definition) is 3. The smallest absolute Gasteiger partial charge is 0.404 e. The molecule has 1 rings (SSSR count). The summed E-state index contributed by atoms with van der Waals surface area (Å²) in [6.45, 7) is -0.284. The average molecular weight is 302 g/mol. The molecule has 0 saturated carbocycles. The van der Waals surface area contributed by atoms with E-state index in [0.717, 1.165) is 0 Å². The van der Waals surface area contributed by atoms with Crippen LogP contribution in [0.3, 0.4) is 0 Å². The molecule has 110 valence electrons. The molecule has 20 heavy (non-hydrogen) atoms. The lowest BCUT2D eigenvalue weighted by Gasteiger charge is -2.07. The lowest BCUT2D eigenvalue weighted by atomic mass is 10.1. The molecule has 9 heteroatoms. The van der Waals surface area contributed by atoms with E-state index in [1.807, 2.05) is 0 Å². The van der Waals surface area contributed by atoms with Crippen molar-refractivity contribution in [1.29, 1.82) is 0 Å². The minimum atomic E-state index is -3.65. The Hall–Kier alpha value is -2.13. The van der Waals surface area contributed by atoms with Gasteiger partial charge < -0.3 is 15.6 Å². The molecule has 0 aliphatic carbocycles. The minimum Gasteiger partial charge on any atom is -0.478 e. The van der Waals surface area contributed by atoms with E-state index < -0.39 is 22.1 Å². The topological polar surface area (TPSA) is 136 Å². The second-order valence-corrected chi connectivity index (χ2v) is 5.63. The fraction of sp³-hybridized carbons (Fsp3) is 0.273. The van der Waals surface area contributed by atoms with Crippen molar-refractivity contribution in [2.45, 2.75) is 5.75 Å². The van der Waals surface area contributed by atoms with Crippen LogP contribution in [0.5, 0.6) is 0 Å². The summed E-state index contributed by atoms with van der Waals surface area (Å²) in [5.41, 5.74) is 5.07. The van der Waals surface area contributed by atoms with Gasteiger partial charge in [0, 0.05) is 6.54 Å². The minimum absolute atomic E-state index is 0.00904. The number of amides is 1. The third kappa shape index (κ3) is 5.67. The van der Waals surface area contributed by atoms with Gasteiger partial charge in [0.25, 0.3) is 0 Å². The van der Waals surface area contributed by atoms with Crippen molar-refractivity contribution >= 4 is 22.1 Å². The molecule has 0 atom stereocenters. The zero-order chi connectivity index (χ0) is 15.2. The van der Waals surface area contributed by atoms with Crippen LogP contribution in [0.15, 0.2) is 24.3 Å². The Morgan fingerprint density at radius 3 is 2.65 bits per heavy atom. The van der Waals surface area contributed by atoms with Crippen LogP contribution < -0.4 is 10.5 Å². The average Bonchev–Trinajstić information content (AvgIpc) is 2.34. The Kier molecular flexibility index (Phi) is 5.47. The van der Waals surface area contributed by atoms with Gasteiger partial charge in [0.1, 0.15) is 6.61 Å². The summed E-state index contributed by atoms with van der Waals surface area (Å²) in [4.78, 5) is 21.1. The lowest BCUT2D eigenvalue weighted by Crippen LogP contribution is -2.30. The normalized spacial score (nSPS) is 11.0. The van der Waals surface area contributed by atoms with Crippen LogP contribution in [-0.2, 0) is 20.5 Å². The molecule has 0 saturated heterocycles. The molecule has 0 heterocycles. The van der Waals surface area contributed by atoms with Gasteiger partial charge in [-0.25, -0.2) is 22.7 Å². The Labute approximate surface area is 115 Å². The van der Waals surface area contributed by atoms with Crippen molar-refractivity contribution in [2.75, 3.05) is 13.2 Å². The Bertz CT molecular complexity index is 599. The first kappa shape index (κ1) is 15.9. The van der Waals surface area contributed by atoms with E-state index in [-0.39, 0.29) is 24.5 Å². The summed E-state index contributed by atoms with van der Waals surface area (Å²) in [6, 6.07) is 5.62. The number of hydrogen-bond acceptors (Lipinski definition) is 5. The van der Waals surface area contributed by atoms with E-state index in [4.69, 9.17) is 10.8 Å². The zero-order valence-electron chi connectivity index (χ0n) is 10.4. The van der Waals surface area contributed by atoms with Crippen molar-refractivity contribution in [1.82, 2.24) is 4.72 Å². The molecule has 8 nitrogen and oxygen atoms in total. The summed E-state index contributed by atoms with van der Waals surface area (Å²) >= 11 is 0. The maximum Gasteiger partial charge on any atom is 0.404 e. The van der Waals surface area contributed by atoms with Gasteiger partial charge in [0.15, 0.2) is 0 Å². The van der Waals surface area contributed by atoms with Crippen molar-refractivity contribution in [3.05, 3.63) is 35.4 Å². The lowest BCUT2D eigenvalue weighted by molar-refractivity contribution is 0.0696. The van der Waals surface area contributed by atoms with Crippen molar-refractivity contribution in [3.63, 3.8) is 0 Å². The van der Waals surface area contributed by atoms with Crippen LogP contribution in [-0.4, -0.2) is 38.7 Å². The van der Waals surface area contributed by atoms with Crippen LogP contribution in [0.1, 0.15) is 15.9 Å². The summed E-state index contributed by atoms with van der Waals surface area (Å²) in [6.07, 6.45) is -0.988. The number of carboxylic acids is 1. The first-order valence-electron chi connectivity index (χ1n) is 5.52. The van der Waals surface area contributed by atoms with Gasteiger partial charge in [-0.15, -0.1) is 0 Å². The van der Waals surface area contributed by atoms with Crippen LogP contribution in [0, 0.1) is 0 Å². The monoisotopic (exact) mass is 302 g/mol. The summed E-state index contributed by atoms with van der Waals surface area (Å²) < 4.78 is 30.0. The number of rotatable bonds is 7. The van der Waals surface area contributed by atoms with Crippen molar-refractivity contribution in [2.24, 2.45) is 5.73 Å². The van der Waals surface area contributed by atoms with E-state index in [2.05, 4.69) is 9.46 Å². The fourth-order valence-corrected chi connectivity index (χ4v) is 2.53.